The number of nitrogens with one attached hydrogen (secondary N) is 4. The molecule has 5 aromatic carbocycles. The second-order valence-electron chi connectivity index (χ2n) is 17.8. The Bertz CT molecular complexity index is 2370. The highest BCUT2D eigenvalue weighted by Crippen LogP contribution is 2.41. The number of rotatable bonds is 19. The third-order valence-corrected chi connectivity index (χ3v) is 12.8. The lowest BCUT2D eigenvalue weighted by atomic mass is 9.86. The van der Waals surface area contributed by atoms with Crippen LogP contribution in [-0.2, 0) is 28.5 Å². The lowest BCUT2D eigenvalue weighted by molar-refractivity contribution is -0.117. The van der Waals surface area contributed by atoms with Crippen LogP contribution in [0, 0.1) is 0 Å². The van der Waals surface area contributed by atoms with Crippen LogP contribution in [0.25, 0.3) is 0 Å². The van der Waals surface area contributed by atoms with Gasteiger partial charge in [-0.05, 0) is 88.4 Å². The first-order valence-electron chi connectivity index (χ1n) is 21.5. The van der Waals surface area contributed by atoms with Crippen molar-refractivity contribution < 1.29 is 19.5 Å². The maximum Gasteiger partial charge on any atom is 0.255 e. The van der Waals surface area contributed by atoms with Gasteiger partial charge in [0.15, 0.2) is 0 Å². The summed E-state index contributed by atoms with van der Waals surface area (Å²) in [5.41, 5.74) is 30.5. The number of hydrogen-bond acceptors (Lipinski definition) is 11. The van der Waals surface area contributed by atoms with E-state index in [0.29, 0.717) is 70.0 Å². The quantitative estimate of drug-likeness (QED) is 0.0289. The maximum atomic E-state index is 14.2. The van der Waals surface area contributed by atoms with Gasteiger partial charge in [-0.1, -0.05) is 108 Å². The summed E-state index contributed by atoms with van der Waals surface area (Å²) in [4.78, 5) is 43.3. The molecule has 0 spiro atoms. The molecule has 3 unspecified atom stereocenters. The van der Waals surface area contributed by atoms with Crippen LogP contribution in [0.15, 0.2) is 119 Å². The van der Waals surface area contributed by atoms with Gasteiger partial charge in [0.1, 0.15) is 6.23 Å². The number of carbonyl (C=O) groups is 3. The van der Waals surface area contributed by atoms with E-state index in [-0.39, 0.29) is 27.9 Å². The monoisotopic (exact) mass is 904 g/mol. The van der Waals surface area contributed by atoms with Crippen molar-refractivity contribution in [1.82, 2.24) is 0 Å². The smallest absolute Gasteiger partial charge is 0.255 e. The Balaban J connectivity index is 1.44. The molecule has 5 rings (SSSR count). The molecule has 0 aromatic heterocycles. The van der Waals surface area contributed by atoms with Gasteiger partial charge >= 0.3 is 0 Å². The predicted octanol–water partition coefficient (Wildman–Crippen LogP) is 7.70. The molecule has 0 heterocycles. The molecule has 5 aromatic rings. The molecule has 340 valence electrons. The van der Waals surface area contributed by atoms with Gasteiger partial charge in [-0.3, -0.25) is 14.4 Å². The first-order chi connectivity index (χ1) is 30.4. The average Bonchev–Trinajstić information content (AvgIpc) is 3.25. The molecular weight excluding hydrogens is 841 g/mol. The molecule has 14 heteroatoms. The normalized spacial score (nSPS) is 13.1. The van der Waals surface area contributed by atoms with Crippen molar-refractivity contribution in [2.24, 2.45) is 22.9 Å². The minimum Gasteiger partial charge on any atom is -0.372 e. The number of aliphatic hydroxyl groups excluding tert-OH is 1. The summed E-state index contributed by atoms with van der Waals surface area (Å²) < 4.78 is 0. The van der Waals surface area contributed by atoms with E-state index in [1.807, 2.05) is 84.9 Å². The molecule has 3 atom stereocenters. The molecule has 12 nitrogen and oxygen atoms in total. The summed E-state index contributed by atoms with van der Waals surface area (Å²) in [6, 6.07) is 32.1. The van der Waals surface area contributed by atoms with Gasteiger partial charge < -0.3 is 49.3 Å². The lowest BCUT2D eigenvalue weighted by Crippen LogP contribution is -2.42. The third-order valence-electron chi connectivity index (χ3n) is 10.4. The van der Waals surface area contributed by atoms with Gasteiger partial charge in [-0.15, -0.1) is 23.5 Å². The highest BCUT2D eigenvalue weighted by molar-refractivity contribution is 7.99. The fourth-order valence-corrected chi connectivity index (χ4v) is 8.50. The number of hydrogen-bond donors (Lipinski definition) is 9. The lowest BCUT2D eigenvalue weighted by Gasteiger charge is -2.27. The van der Waals surface area contributed by atoms with Crippen molar-refractivity contribution >= 4 is 64.0 Å². The largest absolute Gasteiger partial charge is 0.372 e. The highest BCUT2D eigenvalue weighted by atomic mass is 32.2. The van der Waals surface area contributed by atoms with Crippen LogP contribution in [0.4, 0.5) is 22.7 Å². The molecular formula is C50H64N8O4S2. The van der Waals surface area contributed by atoms with Crippen molar-refractivity contribution in [3.05, 3.63) is 143 Å². The Kier molecular flexibility index (Phi) is 17.6. The Labute approximate surface area is 386 Å². The van der Waals surface area contributed by atoms with E-state index in [1.165, 1.54) is 23.5 Å². The third kappa shape index (κ3) is 13.9. The zero-order valence-corrected chi connectivity index (χ0v) is 39.3. The highest BCUT2D eigenvalue weighted by Gasteiger charge is 2.26. The minimum atomic E-state index is -1.10. The molecule has 3 amide bonds. The summed E-state index contributed by atoms with van der Waals surface area (Å²) in [7, 11) is 0. The van der Waals surface area contributed by atoms with Crippen molar-refractivity contribution in [2.75, 3.05) is 45.9 Å². The van der Waals surface area contributed by atoms with E-state index in [2.05, 4.69) is 62.8 Å². The summed E-state index contributed by atoms with van der Waals surface area (Å²) in [6.45, 7) is 13.1. The first kappa shape index (κ1) is 49.8. The minimum absolute atomic E-state index is 0.248. The molecule has 0 saturated carbocycles. The Morgan fingerprint density at radius 2 is 1.00 bits per heavy atom. The first-order valence-corrected chi connectivity index (χ1v) is 23.4. The number of thioether (sulfide) groups is 2. The Hall–Kier alpha value is -5.19. The van der Waals surface area contributed by atoms with Crippen LogP contribution in [0.1, 0.15) is 84.5 Å². The topological polar surface area (TPSA) is 224 Å². The van der Waals surface area contributed by atoms with Gasteiger partial charge in [-0.2, -0.15) is 0 Å². The number of amides is 3. The predicted molar refractivity (Wildman–Crippen MR) is 267 cm³/mol. The van der Waals surface area contributed by atoms with E-state index >= 15 is 0 Å². The van der Waals surface area contributed by atoms with Gasteiger partial charge in [0.25, 0.3) is 11.8 Å². The van der Waals surface area contributed by atoms with Crippen LogP contribution in [-0.4, -0.2) is 65.7 Å². The van der Waals surface area contributed by atoms with Crippen LogP contribution < -0.4 is 44.2 Å². The number of nitrogens with two attached hydrogens (primary N) is 4. The molecule has 0 aliphatic rings. The van der Waals surface area contributed by atoms with E-state index in [4.69, 9.17) is 22.9 Å². The van der Waals surface area contributed by atoms with Crippen LogP contribution in [0.5, 0.6) is 0 Å². The number of carbonyl (C=O) groups excluding carboxylic acids is 3. The molecule has 64 heavy (non-hydrogen) atoms. The summed E-state index contributed by atoms with van der Waals surface area (Å²) in [5.74, 6) is -0.181. The van der Waals surface area contributed by atoms with E-state index < -0.39 is 30.1 Å². The Morgan fingerprint density at radius 3 is 1.45 bits per heavy atom. The molecule has 0 aliphatic carbocycles. The Morgan fingerprint density at radius 1 is 0.578 bits per heavy atom. The number of anilines is 4. The van der Waals surface area contributed by atoms with E-state index in [0.717, 1.165) is 22.3 Å². The molecule has 0 radical (unpaired) electrons. The van der Waals surface area contributed by atoms with Gasteiger partial charge in [0, 0.05) is 35.7 Å². The number of aliphatic hydroxyl groups is 1. The molecule has 13 N–H and O–H groups in total. The molecule has 0 fully saturated rings. The van der Waals surface area contributed by atoms with E-state index in [1.54, 1.807) is 24.3 Å². The van der Waals surface area contributed by atoms with Crippen molar-refractivity contribution in [2.45, 2.75) is 93.3 Å². The van der Waals surface area contributed by atoms with Crippen molar-refractivity contribution in [3.63, 3.8) is 0 Å². The molecule has 0 aliphatic heterocycles. The second kappa shape index (κ2) is 22.6. The second-order valence-corrected chi connectivity index (χ2v) is 20.0. The van der Waals surface area contributed by atoms with Gasteiger partial charge in [0.2, 0.25) is 5.91 Å². The summed E-state index contributed by atoms with van der Waals surface area (Å²) >= 11 is 2.87. The van der Waals surface area contributed by atoms with Gasteiger partial charge in [-0.25, -0.2) is 0 Å². The average molecular weight is 905 g/mol. The molecule has 0 bridgehead atoms. The zero-order valence-electron chi connectivity index (χ0n) is 37.7. The SMILES string of the molecule is CC(C)(C)c1cc(NC(=O)c2cccc(C(=O)Nc3cc(C(C)(C)C)cc(NC(O)C(N)Cc4ccccc4)c3SCCN)c2)c(SCCN)c(NC(=O)C(N)Cc2ccccc2)c1. The summed E-state index contributed by atoms with van der Waals surface area (Å²) in [5, 5.41) is 23.8. The van der Waals surface area contributed by atoms with E-state index in [9.17, 15) is 19.5 Å². The fourth-order valence-electron chi connectivity index (χ4n) is 6.78. The molecule has 0 saturated heterocycles. The van der Waals surface area contributed by atoms with Crippen molar-refractivity contribution in [3.8, 4) is 0 Å². The van der Waals surface area contributed by atoms with Crippen LogP contribution in [0.2, 0.25) is 0 Å². The van der Waals surface area contributed by atoms with Crippen LogP contribution in [0.3, 0.4) is 0 Å². The van der Waals surface area contributed by atoms with Crippen LogP contribution >= 0.6 is 23.5 Å². The zero-order chi connectivity index (χ0) is 46.6. The summed E-state index contributed by atoms with van der Waals surface area (Å²) in [6.07, 6.45) is -0.301. The van der Waals surface area contributed by atoms with Gasteiger partial charge in [0.05, 0.1) is 44.6 Å². The number of benzene rings is 5. The fraction of sp³-hybridized carbons (Fsp3) is 0.340. The van der Waals surface area contributed by atoms with Crippen molar-refractivity contribution in [1.29, 1.82) is 0 Å². The maximum absolute atomic E-state index is 14.2. The standard InChI is InChI=1S/C50H64N8O4S2/c1-49(2,3)35-27-39(43(63-22-20-51)41(29-35)57-47(61)37(53)24-31-14-9-7-10-15-31)55-45(59)33-18-13-19-34(26-33)46(60)56-40-28-36(50(4,5)6)30-42(44(40)64-23-21-52)58-48(62)38(54)25-32-16-11-8-12-17-32/h7-19,26-30,37-38,47,57,61H,20-25,51-54H2,1-6H3,(H,55,59)(H,56,60)(H,58,62).